The van der Waals surface area contributed by atoms with E-state index in [4.69, 9.17) is 10.5 Å². The van der Waals surface area contributed by atoms with Gasteiger partial charge in [0.2, 0.25) is 0 Å². The minimum absolute atomic E-state index is 0.111. The zero-order valence-electron chi connectivity index (χ0n) is 11.0. The molecule has 4 heteroatoms. The Morgan fingerprint density at radius 3 is 2.74 bits per heavy atom. The summed E-state index contributed by atoms with van der Waals surface area (Å²) in [6.45, 7) is 1.35. The maximum Gasteiger partial charge on any atom is 0.254 e. The molecule has 1 aromatic rings. The van der Waals surface area contributed by atoms with Gasteiger partial charge in [-0.3, -0.25) is 4.79 Å². The number of carbonyl (C=O) groups excluding carboxylic acids is 1. The van der Waals surface area contributed by atoms with E-state index in [-0.39, 0.29) is 18.1 Å². The van der Waals surface area contributed by atoms with Crippen LogP contribution in [0.4, 0.5) is 5.69 Å². The number of anilines is 1. The van der Waals surface area contributed by atoms with Crippen LogP contribution in [0.25, 0.3) is 0 Å². The summed E-state index contributed by atoms with van der Waals surface area (Å²) in [7, 11) is 0. The van der Waals surface area contributed by atoms with Crippen LogP contribution < -0.4 is 5.73 Å². The molecule has 0 radical (unpaired) electrons. The van der Waals surface area contributed by atoms with E-state index in [2.05, 4.69) is 0 Å². The molecule has 2 unspecified atom stereocenters. The third kappa shape index (κ3) is 2.45. The van der Waals surface area contributed by atoms with Crippen molar-refractivity contribution in [1.82, 2.24) is 4.90 Å². The number of amides is 1. The van der Waals surface area contributed by atoms with Gasteiger partial charge in [0.1, 0.15) is 0 Å². The van der Waals surface area contributed by atoms with Gasteiger partial charge < -0.3 is 15.4 Å². The largest absolute Gasteiger partial charge is 0.399 e. The highest BCUT2D eigenvalue weighted by Crippen LogP contribution is 2.29. The highest BCUT2D eigenvalue weighted by atomic mass is 16.5. The number of ether oxygens (including phenoxy) is 1. The summed E-state index contributed by atoms with van der Waals surface area (Å²) >= 11 is 0. The quantitative estimate of drug-likeness (QED) is 0.786. The van der Waals surface area contributed by atoms with E-state index in [1.54, 1.807) is 12.1 Å². The summed E-state index contributed by atoms with van der Waals surface area (Å²) in [5, 5.41) is 0. The van der Waals surface area contributed by atoms with Gasteiger partial charge in [0, 0.05) is 17.8 Å². The second-order valence-electron chi connectivity index (χ2n) is 5.38. The Hall–Kier alpha value is -1.55. The summed E-state index contributed by atoms with van der Waals surface area (Å²) in [5.41, 5.74) is 7.08. The van der Waals surface area contributed by atoms with E-state index >= 15 is 0 Å². The van der Waals surface area contributed by atoms with Gasteiger partial charge in [-0.1, -0.05) is 12.8 Å². The van der Waals surface area contributed by atoms with Crippen molar-refractivity contribution in [3.63, 3.8) is 0 Å². The average Bonchev–Trinajstić information content (AvgIpc) is 2.47. The molecule has 1 amide bonds. The normalized spacial score (nSPS) is 26.8. The fourth-order valence-corrected chi connectivity index (χ4v) is 3.14. The predicted octanol–water partition coefficient (Wildman–Crippen LogP) is 2.05. The van der Waals surface area contributed by atoms with Gasteiger partial charge >= 0.3 is 0 Å². The molecule has 2 N–H and O–H groups in total. The molecule has 0 spiro atoms. The minimum atomic E-state index is 0.111. The fourth-order valence-electron chi connectivity index (χ4n) is 3.14. The standard InChI is InChI=1S/C15H20N2O2/c16-12-7-5-11(6-8-12)15(18)17-9-10-19-14-4-2-1-3-13(14)17/h5-8,13-14H,1-4,9-10,16H2. The van der Waals surface area contributed by atoms with Crippen molar-refractivity contribution in [3.8, 4) is 0 Å². The summed E-state index contributed by atoms with van der Waals surface area (Å²) in [4.78, 5) is 14.6. The number of carbonyl (C=O) groups is 1. The summed E-state index contributed by atoms with van der Waals surface area (Å²) in [6, 6.07) is 7.45. The number of hydrogen-bond donors (Lipinski definition) is 1. The van der Waals surface area contributed by atoms with Crippen LogP contribution in [-0.2, 0) is 4.74 Å². The fraction of sp³-hybridized carbons (Fsp3) is 0.533. The Kier molecular flexibility index (Phi) is 3.42. The molecular weight excluding hydrogens is 240 g/mol. The van der Waals surface area contributed by atoms with E-state index in [0.717, 1.165) is 18.4 Å². The van der Waals surface area contributed by atoms with Gasteiger partial charge in [0.25, 0.3) is 5.91 Å². The lowest BCUT2D eigenvalue weighted by Crippen LogP contribution is -2.54. The average molecular weight is 260 g/mol. The Labute approximate surface area is 113 Å². The molecule has 1 aromatic carbocycles. The van der Waals surface area contributed by atoms with Gasteiger partial charge in [-0.2, -0.15) is 0 Å². The van der Waals surface area contributed by atoms with Crippen molar-refractivity contribution in [1.29, 1.82) is 0 Å². The van der Waals surface area contributed by atoms with Gasteiger partial charge in [-0.25, -0.2) is 0 Å². The lowest BCUT2D eigenvalue weighted by Gasteiger charge is -2.43. The number of fused-ring (bicyclic) bond motifs is 1. The molecule has 2 aliphatic rings. The highest BCUT2D eigenvalue weighted by Gasteiger charge is 2.36. The molecule has 0 bridgehead atoms. The molecule has 2 atom stereocenters. The SMILES string of the molecule is Nc1ccc(C(=O)N2CCOC3CCCCC32)cc1. The van der Waals surface area contributed by atoms with Crippen molar-refractivity contribution < 1.29 is 9.53 Å². The second-order valence-corrected chi connectivity index (χ2v) is 5.38. The maximum absolute atomic E-state index is 12.6. The highest BCUT2D eigenvalue weighted by molar-refractivity contribution is 5.94. The maximum atomic E-state index is 12.6. The van der Waals surface area contributed by atoms with E-state index < -0.39 is 0 Å². The van der Waals surface area contributed by atoms with Crippen molar-refractivity contribution in [2.45, 2.75) is 37.8 Å². The molecule has 1 aliphatic carbocycles. The Balaban J connectivity index is 1.79. The summed E-state index contributed by atoms with van der Waals surface area (Å²) < 4.78 is 5.80. The summed E-state index contributed by atoms with van der Waals surface area (Å²) in [5.74, 6) is 0.111. The van der Waals surface area contributed by atoms with E-state index in [1.807, 2.05) is 17.0 Å². The minimum Gasteiger partial charge on any atom is -0.399 e. The molecule has 4 nitrogen and oxygen atoms in total. The number of benzene rings is 1. The number of hydrogen-bond acceptors (Lipinski definition) is 3. The molecule has 2 fully saturated rings. The lowest BCUT2D eigenvalue weighted by molar-refractivity contribution is -0.0752. The van der Waals surface area contributed by atoms with E-state index in [9.17, 15) is 4.79 Å². The number of nitrogens with two attached hydrogens (primary N) is 1. The monoisotopic (exact) mass is 260 g/mol. The topological polar surface area (TPSA) is 55.6 Å². The van der Waals surface area contributed by atoms with Gasteiger partial charge in [0.05, 0.1) is 18.8 Å². The van der Waals surface area contributed by atoms with Crippen molar-refractivity contribution in [3.05, 3.63) is 29.8 Å². The predicted molar refractivity (Wildman–Crippen MR) is 73.9 cm³/mol. The second kappa shape index (κ2) is 5.21. The summed E-state index contributed by atoms with van der Waals surface area (Å²) in [6.07, 6.45) is 4.78. The molecule has 0 aromatic heterocycles. The zero-order chi connectivity index (χ0) is 13.2. The van der Waals surface area contributed by atoms with Crippen LogP contribution in [0.1, 0.15) is 36.0 Å². The van der Waals surface area contributed by atoms with Crippen LogP contribution >= 0.6 is 0 Å². The molecule has 1 saturated heterocycles. The van der Waals surface area contributed by atoms with Crippen molar-refractivity contribution in [2.24, 2.45) is 0 Å². The van der Waals surface area contributed by atoms with Crippen molar-refractivity contribution >= 4 is 11.6 Å². The molecule has 102 valence electrons. The molecular formula is C15H20N2O2. The smallest absolute Gasteiger partial charge is 0.254 e. The third-order valence-corrected chi connectivity index (χ3v) is 4.15. The van der Waals surface area contributed by atoms with Gasteiger partial charge in [-0.15, -0.1) is 0 Å². The Bertz CT molecular complexity index is 456. The number of morpholine rings is 1. The van der Waals surface area contributed by atoms with Crippen LogP contribution in [0.5, 0.6) is 0 Å². The zero-order valence-corrected chi connectivity index (χ0v) is 11.0. The van der Waals surface area contributed by atoms with Crippen LogP contribution in [0.15, 0.2) is 24.3 Å². The lowest BCUT2D eigenvalue weighted by atomic mass is 9.89. The first-order chi connectivity index (χ1) is 9.25. The number of nitrogens with zero attached hydrogens (tertiary/aromatic N) is 1. The van der Waals surface area contributed by atoms with Crippen LogP contribution in [0, 0.1) is 0 Å². The van der Waals surface area contributed by atoms with Gasteiger partial charge in [0.15, 0.2) is 0 Å². The third-order valence-electron chi connectivity index (χ3n) is 4.15. The molecule has 1 aliphatic heterocycles. The first-order valence-corrected chi connectivity index (χ1v) is 7.04. The molecule has 3 rings (SSSR count). The van der Waals surface area contributed by atoms with Crippen LogP contribution in [-0.4, -0.2) is 36.1 Å². The van der Waals surface area contributed by atoms with E-state index in [1.165, 1.54) is 12.8 Å². The Morgan fingerprint density at radius 2 is 1.95 bits per heavy atom. The van der Waals surface area contributed by atoms with Crippen LogP contribution in [0.3, 0.4) is 0 Å². The first-order valence-electron chi connectivity index (χ1n) is 7.04. The van der Waals surface area contributed by atoms with Gasteiger partial charge in [-0.05, 0) is 37.1 Å². The number of rotatable bonds is 1. The molecule has 1 heterocycles. The van der Waals surface area contributed by atoms with Crippen LogP contribution in [0.2, 0.25) is 0 Å². The first kappa shape index (κ1) is 12.5. The molecule has 19 heavy (non-hydrogen) atoms. The number of nitrogen functional groups attached to an aromatic ring is 1. The van der Waals surface area contributed by atoms with E-state index in [0.29, 0.717) is 18.8 Å². The van der Waals surface area contributed by atoms with Crippen molar-refractivity contribution in [2.75, 3.05) is 18.9 Å². The molecule has 1 saturated carbocycles. The Morgan fingerprint density at radius 1 is 1.21 bits per heavy atom.